The summed E-state index contributed by atoms with van der Waals surface area (Å²) in [6, 6.07) is 8.67. The van der Waals surface area contributed by atoms with Gasteiger partial charge in [0, 0.05) is 31.0 Å². The first kappa shape index (κ1) is 26.2. The minimum atomic E-state index is -4.59. The molecule has 2 aliphatic heterocycles. The van der Waals surface area contributed by atoms with Crippen LogP contribution in [0.4, 0.5) is 24.5 Å². The summed E-state index contributed by atoms with van der Waals surface area (Å²) < 4.78 is 45.4. The molecule has 1 atom stereocenters. The lowest BCUT2D eigenvalue weighted by Crippen LogP contribution is -2.54. The number of anilines is 2. The Labute approximate surface area is 211 Å². The smallest absolute Gasteiger partial charge is 0.416 e. The number of hydrogen-bond donors (Lipinski definition) is 1. The van der Waals surface area contributed by atoms with Gasteiger partial charge in [-0.25, -0.2) is 4.79 Å². The van der Waals surface area contributed by atoms with Gasteiger partial charge in [-0.3, -0.25) is 14.5 Å². The molecule has 4 rings (SSSR count). The number of aliphatic hydroxyl groups excluding tert-OH is 1. The largest absolute Gasteiger partial charge is 0.462 e. The van der Waals surface area contributed by atoms with Crippen molar-refractivity contribution in [3.05, 3.63) is 70.4 Å². The van der Waals surface area contributed by atoms with Crippen molar-refractivity contribution in [3.63, 3.8) is 0 Å². The van der Waals surface area contributed by atoms with E-state index in [1.54, 1.807) is 32.2 Å². The number of halogens is 3. The van der Waals surface area contributed by atoms with Crippen molar-refractivity contribution in [2.45, 2.75) is 45.8 Å². The lowest BCUT2D eigenvalue weighted by molar-refractivity contribution is -0.147. The fraction of sp³-hybridized carbons (Fsp3) is 0.346. The predicted octanol–water partition coefficient (Wildman–Crippen LogP) is 3.49. The Morgan fingerprint density at radius 2 is 1.89 bits per heavy atom. The monoisotopic (exact) mass is 517 g/mol. The molecule has 196 valence electrons. The summed E-state index contributed by atoms with van der Waals surface area (Å²) >= 11 is 0. The number of fused-ring (bicyclic) bond motifs is 1. The standard InChI is InChI=1S/C26H26F3N3O5/c1-4-37-24(35)19-14-31(18-9-10-21-16(12-18)8-11-22(33)30(21)3)25(36)32(23(19)34)13-17-6-5-7-20(15(17)2)26(27,28)29/h5-7,9-10,12,14,25,36H,4,8,11,13H2,1-3H3. The normalized spacial score (nSPS) is 18.1. The average Bonchev–Trinajstić information content (AvgIpc) is 2.84. The molecule has 0 saturated carbocycles. The Morgan fingerprint density at radius 1 is 1.16 bits per heavy atom. The summed E-state index contributed by atoms with van der Waals surface area (Å²) in [6.07, 6.45) is -4.26. The highest BCUT2D eigenvalue weighted by atomic mass is 19.4. The van der Waals surface area contributed by atoms with E-state index in [1.165, 1.54) is 35.1 Å². The number of esters is 1. The second-order valence-electron chi connectivity index (χ2n) is 8.80. The molecular formula is C26H26F3N3O5. The van der Waals surface area contributed by atoms with Crippen molar-refractivity contribution < 1.29 is 37.4 Å². The number of hydrogen-bond acceptors (Lipinski definition) is 6. The van der Waals surface area contributed by atoms with Gasteiger partial charge < -0.3 is 19.6 Å². The maximum atomic E-state index is 13.5. The number of nitrogens with zero attached hydrogens (tertiary/aromatic N) is 3. The van der Waals surface area contributed by atoms with Gasteiger partial charge in [0.1, 0.15) is 5.57 Å². The molecule has 0 aromatic heterocycles. The summed E-state index contributed by atoms with van der Waals surface area (Å²) in [4.78, 5) is 41.6. The van der Waals surface area contributed by atoms with E-state index < -0.39 is 30.0 Å². The van der Waals surface area contributed by atoms with Gasteiger partial charge in [0.15, 0.2) is 0 Å². The Bertz CT molecular complexity index is 1290. The van der Waals surface area contributed by atoms with Crippen LogP contribution in [-0.2, 0) is 38.3 Å². The zero-order valence-corrected chi connectivity index (χ0v) is 20.5. The first-order valence-corrected chi connectivity index (χ1v) is 11.7. The van der Waals surface area contributed by atoms with Crippen molar-refractivity contribution in [3.8, 4) is 0 Å². The van der Waals surface area contributed by atoms with Gasteiger partial charge in [0.2, 0.25) is 12.3 Å². The summed E-state index contributed by atoms with van der Waals surface area (Å²) in [7, 11) is 1.66. The lowest BCUT2D eigenvalue weighted by Gasteiger charge is -2.40. The molecule has 1 unspecified atom stereocenters. The van der Waals surface area contributed by atoms with Crippen LogP contribution >= 0.6 is 0 Å². The second kappa shape index (κ2) is 9.89. The van der Waals surface area contributed by atoms with E-state index in [-0.39, 0.29) is 35.8 Å². The number of ether oxygens (including phenoxy) is 1. The summed E-state index contributed by atoms with van der Waals surface area (Å²) in [5.74, 6) is -1.82. The molecular weight excluding hydrogens is 491 g/mol. The topological polar surface area (TPSA) is 90.4 Å². The van der Waals surface area contributed by atoms with Gasteiger partial charge >= 0.3 is 12.1 Å². The number of carbonyl (C=O) groups excluding carboxylic acids is 3. The fourth-order valence-corrected chi connectivity index (χ4v) is 4.53. The molecule has 2 aromatic rings. The first-order chi connectivity index (χ1) is 17.4. The Balaban J connectivity index is 1.75. The lowest BCUT2D eigenvalue weighted by atomic mass is 10.00. The highest BCUT2D eigenvalue weighted by Crippen LogP contribution is 2.36. The van der Waals surface area contributed by atoms with E-state index in [1.807, 2.05) is 0 Å². The Morgan fingerprint density at radius 3 is 2.57 bits per heavy atom. The fourth-order valence-electron chi connectivity index (χ4n) is 4.53. The Kier molecular flexibility index (Phi) is 7.00. The number of rotatable bonds is 5. The molecule has 0 fully saturated rings. The molecule has 37 heavy (non-hydrogen) atoms. The van der Waals surface area contributed by atoms with Crippen molar-refractivity contribution in [1.29, 1.82) is 0 Å². The van der Waals surface area contributed by atoms with Gasteiger partial charge in [0.25, 0.3) is 5.91 Å². The molecule has 0 bridgehead atoms. The quantitative estimate of drug-likeness (QED) is 0.483. The number of amides is 2. The summed E-state index contributed by atoms with van der Waals surface area (Å²) in [5.41, 5.74) is 0.808. The second-order valence-corrected chi connectivity index (χ2v) is 8.80. The number of carbonyl (C=O) groups is 3. The summed E-state index contributed by atoms with van der Waals surface area (Å²) in [6.45, 7) is 2.48. The Hall–Kier alpha value is -3.86. The van der Waals surface area contributed by atoms with Crippen LogP contribution in [0.25, 0.3) is 0 Å². The molecule has 1 N–H and O–H groups in total. The number of benzene rings is 2. The number of alkyl halides is 3. The summed E-state index contributed by atoms with van der Waals surface area (Å²) in [5, 5.41) is 11.2. The molecule has 8 nitrogen and oxygen atoms in total. The molecule has 0 aliphatic carbocycles. The molecule has 0 saturated heterocycles. The third-order valence-corrected chi connectivity index (χ3v) is 6.58. The van der Waals surface area contributed by atoms with Crippen molar-refractivity contribution in [1.82, 2.24) is 4.90 Å². The zero-order chi connectivity index (χ0) is 27.1. The zero-order valence-electron chi connectivity index (χ0n) is 20.5. The minimum Gasteiger partial charge on any atom is -0.462 e. The van der Waals surface area contributed by atoms with Crippen LogP contribution in [0.2, 0.25) is 0 Å². The van der Waals surface area contributed by atoms with Crippen LogP contribution in [0, 0.1) is 6.92 Å². The van der Waals surface area contributed by atoms with Crippen LogP contribution in [0.1, 0.15) is 35.6 Å². The van der Waals surface area contributed by atoms with Crippen molar-refractivity contribution in [2.24, 2.45) is 0 Å². The van der Waals surface area contributed by atoms with Crippen LogP contribution in [0.5, 0.6) is 0 Å². The van der Waals surface area contributed by atoms with E-state index in [2.05, 4.69) is 0 Å². The molecule has 2 aliphatic rings. The van der Waals surface area contributed by atoms with Crippen LogP contribution < -0.4 is 9.80 Å². The molecule has 2 aromatic carbocycles. The highest BCUT2D eigenvalue weighted by Gasteiger charge is 2.39. The van der Waals surface area contributed by atoms with Crippen LogP contribution in [-0.4, -0.2) is 47.8 Å². The van der Waals surface area contributed by atoms with Gasteiger partial charge in [0.05, 0.1) is 18.7 Å². The first-order valence-electron chi connectivity index (χ1n) is 11.7. The average molecular weight is 518 g/mol. The number of aryl methyl sites for hydroxylation is 1. The van der Waals surface area contributed by atoms with E-state index >= 15 is 0 Å². The van der Waals surface area contributed by atoms with Crippen LogP contribution in [0.3, 0.4) is 0 Å². The molecule has 2 amide bonds. The molecule has 11 heteroatoms. The maximum Gasteiger partial charge on any atom is 0.416 e. The molecule has 0 radical (unpaired) electrons. The third-order valence-electron chi connectivity index (χ3n) is 6.58. The van der Waals surface area contributed by atoms with E-state index in [0.29, 0.717) is 24.2 Å². The molecule has 2 heterocycles. The van der Waals surface area contributed by atoms with Crippen LogP contribution in [0.15, 0.2) is 48.2 Å². The predicted molar refractivity (Wildman–Crippen MR) is 128 cm³/mol. The van der Waals surface area contributed by atoms with E-state index in [0.717, 1.165) is 16.5 Å². The minimum absolute atomic E-state index is 0.00203. The van der Waals surface area contributed by atoms with Gasteiger partial charge in [-0.15, -0.1) is 0 Å². The van der Waals surface area contributed by atoms with Crippen molar-refractivity contribution in [2.75, 3.05) is 23.5 Å². The highest BCUT2D eigenvalue weighted by molar-refractivity contribution is 6.17. The van der Waals surface area contributed by atoms with Gasteiger partial charge in [-0.05, 0) is 61.2 Å². The van der Waals surface area contributed by atoms with Gasteiger partial charge in [-0.1, -0.05) is 12.1 Å². The van der Waals surface area contributed by atoms with E-state index in [9.17, 15) is 32.7 Å². The van der Waals surface area contributed by atoms with Gasteiger partial charge in [-0.2, -0.15) is 13.2 Å². The number of aliphatic hydroxyl groups is 1. The van der Waals surface area contributed by atoms with Crippen molar-refractivity contribution >= 4 is 29.2 Å². The maximum absolute atomic E-state index is 13.5. The third kappa shape index (κ3) is 4.91. The van der Waals surface area contributed by atoms with E-state index in [4.69, 9.17) is 4.74 Å². The molecule has 0 spiro atoms. The SMILES string of the molecule is CCOC(=O)C1=CN(c2ccc3c(c2)CCC(=O)N3C)C(O)N(Cc2cccc(C(F)(F)F)c2C)C1=O.